The minimum Gasteiger partial charge on any atom is -0.480 e. The van der Waals surface area contributed by atoms with Crippen LogP contribution in [-0.2, 0) is 4.79 Å². The van der Waals surface area contributed by atoms with Crippen LogP contribution < -0.4 is 5.32 Å². The highest BCUT2D eigenvalue weighted by Crippen LogP contribution is 2.12. The maximum atomic E-state index is 11.8. The van der Waals surface area contributed by atoms with Crippen LogP contribution >= 0.6 is 11.3 Å². The Balaban J connectivity index is 1.79. The average Bonchev–Trinajstić information content (AvgIpc) is 2.82. The zero-order chi connectivity index (χ0) is 13.0. The molecule has 0 atom stereocenters. The van der Waals surface area contributed by atoms with Crippen molar-refractivity contribution >= 4 is 28.5 Å². The van der Waals surface area contributed by atoms with Gasteiger partial charge < -0.3 is 10.0 Å². The normalized spacial score (nSPS) is 16.6. The summed E-state index contributed by atoms with van der Waals surface area (Å²) >= 11 is 1.37. The average molecular weight is 270 g/mol. The van der Waals surface area contributed by atoms with Gasteiger partial charge in [0.2, 0.25) is 0 Å². The van der Waals surface area contributed by atoms with Crippen LogP contribution in [0.4, 0.5) is 9.93 Å². The summed E-state index contributed by atoms with van der Waals surface area (Å²) in [6, 6.07) is -0.181. The number of amides is 2. The lowest BCUT2D eigenvalue weighted by Crippen LogP contribution is -2.51. The van der Waals surface area contributed by atoms with Gasteiger partial charge in [-0.25, -0.2) is 9.78 Å². The van der Waals surface area contributed by atoms with Gasteiger partial charge in [-0.1, -0.05) is 0 Å². The molecule has 0 spiro atoms. The van der Waals surface area contributed by atoms with Gasteiger partial charge in [0.15, 0.2) is 5.13 Å². The lowest BCUT2D eigenvalue weighted by molar-refractivity contribution is -0.138. The third kappa shape index (κ3) is 3.41. The lowest BCUT2D eigenvalue weighted by atomic mass is 10.3. The van der Waals surface area contributed by atoms with Gasteiger partial charge in [-0.05, 0) is 0 Å². The van der Waals surface area contributed by atoms with Crippen molar-refractivity contribution in [3.05, 3.63) is 11.6 Å². The largest absolute Gasteiger partial charge is 0.480 e. The molecule has 0 saturated carbocycles. The molecule has 0 aliphatic carbocycles. The fourth-order valence-corrected chi connectivity index (χ4v) is 2.27. The van der Waals surface area contributed by atoms with Gasteiger partial charge in [0.05, 0.1) is 6.54 Å². The molecule has 7 nitrogen and oxygen atoms in total. The van der Waals surface area contributed by atoms with Crippen LogP contribution in [0.5, 0.6) is 0 Å². The SMILES string of the molecule is O=C(O)CN1CCN(C(=O)Nc2nccs2)CC1. The van der Waals surface area contributed by atoms with Crippen molar-refractivity contribution in [2.45, 2.75) is 0 Å². The number of carboxylic acid groups (broad SMARTS) is 1. The van der Waals surface area contributed by atoms with Crippen molar-refractivity contribution in [2.24, 2.45) is 0 Å². The number of urea groups is 1. The van der Waals surface area contributed by atoms with E-state index in [0.29, 0.717) is 31.3 Å². The molecule has 98 valence electrons. The maximum absolute atomic E-state index is 11.8. The fourth-order valence-electron chi connectivity index (χ4n) is 1.76. The zero-order valence-electron chi connectivity index (χ0n) is 9.70. The number of aliphatic carboxylic acids is 1. The Hall–Kier alpha value is -1.67. The van der Waals surface area contributed by atoms with Crippen molar-refractivity contribution < 1.29 is 14.7 Å². The van der Waals surface area contributed by atoms with Crippen LogP contribution in [-0.4, -0.2) is 64.6 Å². The van der Waals surface area contributed by atoms with E-state index in [0.717, 1.165) is 0 Å². The third-order valence-electron chi connectivity index (χ3n) is 2.66. The molecule has 2 N–H and O–H groups in total. The molecule has 1 aliphatic rings. The molecular formula is C10H14N4O3S. The Labute approximate surface area is 108 Å². The molecule has 2 rings (SSSR count). The van der Waals surface area contributed by atoms with Crippen molar-refractivity contribution in [1.82, 2.24) is 14.8 Å². The Morgan fingerprint density at radius 2 is 2.11 bits per heavy atom. The standard InChI is InChI=1S/C10H14N4O3S/c15-8(16)7-13-2-4-14(5-3-13)10(17)12-9-11-1-6-18-9/h1,6H,2-5,7H2,(H,15,16)(H,11,12,17). The zero-order valence-corrected chi connectivity index (χ0v) is 10.5. The van der Waals surface area contributed by atoms with E-state index >= 15 is 0 Å². The number of carboxylic acids is 1. The molecule has 0 bridgehead atoms. The van der Waals surface area contributed by atoms with E-state index in [1.807, 2.05) is 4.90 Å². The molecule has 0 radical (unpaired) electrons. The molecule has 0 aromatic carbocycles. The molecule has 1 fully saturated rings. The molecular weight excluding hydrogens is 256 g/mol. The number of carbonyl (C=O) groups excluding carboxylic acids is 1. The highest BCUT2D eigenvalue weighted by atomic mass is 32.1. The van der Waals surface area contributed by atoms with Crippen LogP contribution in [0.1, 0.15) is 0 Å². The summed E-state index contributed by atoms with van der Waals surface area (Å²) in [4.78, 5) is 29.9. The minimum absolute atomic E-state index is 0.0297. The molecule has 2 amide bonds. The van der Waals surface area contributed by atoms with Gasteiger partial charge in [-0.3, -0.25) is 15.0 Å². The number of hydrogen-bond donors (Lipinski definition) is 2. The number of aromatic nitrogens is 1. The van der Waals surface area contributed by atoms with Crippen molar-refractivity contribution in [1.29, 1.82) is 0 Å². The van der Waals surface area contributed by atoms with Gasteiger partial charge in [-0.15, -0.1) is 11.3 Å². The summed E-state index contributed by atoms with van der Waals surface area (Å²) in [5, 5.41) is 13.7. The number of thiazole rings is 1. The second-order valence-corrected chi connectivity index (χ2v) is 4.82. The molecule has 1 aromatic rings. The van der Waals surface area contributed by atoms with Crippen LogP contribution in [0.15, 0.2) is 11.6 Å². The van der Waals surface area contributed by atoms with E-state index in [1.165, 1.54) is 11.3 Å². The first-order valence-corrected chi connectivity index (χ1v) is 6.42. The monoisotopic (exact) mass is 270 g/mol. The lowest BCUT2D eigenvalue weighted by Gasteiger charge is -2.33. The van der Waals surface area contributed by atoms with Gasteiger partial charge >= 0.3 is 12.0 Å². The van der Waals surface area contributed by atoms with E-state index in [-0.39, 0.29) is 12.6 Å². The quantitative estimate of drug-likeness (QED) is 0.829. The third-order valence-corrected chi connectivity index (χ3v) is 3.35. The molecule has 0 unspecified atom stereocenters. The Morgan fingerprint density at radius 1 is 1.39 bits per heavy atom. The number of piperazine rings is 1. The second kappa shape index (κ2) is 5.78. The van der Waals surface area contributed by atoms with Crippen LogP contribution in [0.3, 0.4) is 0 Å². The Morgan fingerprint density at radius 3 is 2.67 bits per heavy atom. The van der Waals surface area contributed by atoms with E-state index in [4.69, 9.17) is 5.11 Å². The maximum Gasteiger partial charge on any atom is 0.323 e. The van der Waals surface area contributed by atoms with Gasteiger partial charge in [-0.2, -0.15) is 0 Å². The number of nitrogens with zero attached hydrogens (tertiary/aromatic N) is 3. The second-order valence-electron chi connectivity index (χ2n) is 3.92. The highest BCUT2D eigenvalue weighted by molar-refractivity contribution is 7.13. The van der Waals surface area contributed by atoms with Crippen molar-refractivity contribution in [2.75, 3.05) is 38.0 Å². The predicted octanol–water partition coefficient (Wildman–Crippen LogP) is 0.377. The first kappa shape index (κ1) is 12.8. The summed E-state index contributed by atoms with van der Waals surface area (Å²) < 4.78 is 0. The van der Waals surface area contributed by atoms with Crippen LogP contribution in [0.25, 0.3) is 0 Å². The fraction of sp³-hybridized carbons (Fsp3) is 0.500. The van der Waals surface area contributed by atoms with Crippen molar-refractivity contribution in [3.63, 3.8) is 0 Å². The first-order chi connectivity index (χ1) is 8.65. The van der Waals surface area contributed by atoms with Gasteiger partial charge in [0.1, 0.15) is 0 Å². The number of carbonyl (C=O) groups is 2. The molecule has 1 aliphatic heterocycles. The van der Waals surface area contributed by atoms with Crippen LogP contribution in [0.2, 0.25) is 0 Å². The van der Waals surface area contributed by atoms with E-state index in [2.05, 4.69) is 10.3 Å². The molecule has 8 heteroatoms. The highest BCUT2D eigenvalue weighted by Gasteiger charge is 2.22. The number of hydrogen-bond acceptors (Lipinski definition) is 5. The predicted molar refractivity (Wildman–Crippen MR) is 66.8 cm³/mol. The summed E-state index contributed by atoms with van der Waals surface area (Å²) in [6.07, 6.45) is 1.63. The summed E-state index contributed by atoms with van der Waals surface area (Å²) in [5.41, 5.74) is 0. The molecule has 1 aromatic heterocycles. The summed E-state index contributed by atoms with van der Waals surface area (Å²) in [6.45, 7) is 2.26. The number of nitrogens with one attached hydrogen (secondary N) is 1. The molecule has 2 heterocycles. The van der Waals surface area contributed by atoms with Gasteiger partial charge in [0.25, 0.3) is 0 Å². The summed E-state index contributed by atoms with van der Waals surface area (Å²) in [7, 11) is 0. The van der Waals surface area contributed by atoms with Crippen molar-refractivity contribution in [3.8, 4) is 0 Å². The molecule has 18 heavy (non-hydrogen) atoms. The van der Waals surface area contributed by atoms with E-state index < -0.39 is 5.97 Å². The first-order valence-electron chi connectivity index (χ1n) is 5.55. The van der Waals surface area contributed by atoms with E-state index in [9.17, 15) is 9.59 Å². The number of rotatable bonds is 3. The smallest absolute Gasteiger partial charge is 0.323 e. The minimum atomic E-state index is -0.837. The summed E-state index contributed by atoms with van der Waals surface area (Å²) in [5.74, 6) is -0.837. The Kier molecular flexibility index (Phi) is 4.11. The van der Waals surface area contributed by atoms with Gasteiger partial charge in [0, 0.05) is 37.8 Å². The topological polar surface area (TPSA) is 85.8 Å². The molecule has 1 saturated heterocycles. The number of anilines is 1. The van der Waals surface area contributed by atoms with E-state index in [1.54, 1.807) is 16.5 Å². The van der Waals surface area contributed by atoms with Crippen LogP contribution in [0, 0.1) is 0 Å². The Bertz CT molecular complexity index is 415.